The Labute approximate surface area is 140 Å². The highest BCUT2D eigenvalue weighted by atomic mass is 79.9. The molecule has 0 saturated carbocycles. The topological polar surface area (TPSA) is 35.2 Å². The van der Waals surface area contributed by atoms with Crippen molar-refractivity contribution >= 4 is 31.9 Å². The van der Waals surface area contributed by atoms with E-state index >= 15 is 0 Å². The van der Waals surface area contributed by atoms with Gasteiger partial charge in [-0.15, -0.1) is 0 Å². The van der Waals surface area contributed by atoms with E-state index in [9.17, 15) is 4.39 Å². The highest BCUT2D eigenvalue weighted by Crippen LogP contribution is 2.33. The quantitative estimate of drug-likeness (QED) is 0.705. The molecule has 0 saturated heterocycles. The molecular formula is C16H16Br2FNO. The van der Waals surface area contributed by atoms with Crippen molar-refractivity contribution in [2.45, 2.75) is 25.8 Å². The van der Waals surface area contributed by atoms with E-state index in [0.717, 1.165) is 28.6 Å². The van der Waals surface area contributed by atoms with Gasteiger partial charge in [0.05, 0.1) is 4.47 Å². The summed E-state index contributed by atoms with van der Waals surface area (Å²) in [5.74, 6) is 0.998. The highest BCUT2D eigenvalue weighted by Gasteiger charge is 2.11. The minimum absolute atomic E-state index is 0.0818. The molecule has 0 fully saturated rings. The summed E-state index contributed by atoms with van der Waals surface area (Å²) in [7, 11) is 0. The van der Waals surface area contributed by atoms with Gasteiger partial charge >= 0.3 is 0 Å². The molecule has 112 valence electrons. The number of hydrogen-bond donors (Lipinski definition) is 1. The molecule has 1 unspecified atom stereocenters. The fourth-order valence-corrected chi connectivity index (χ4v) is 2.75. The average Bonchev–Trinajstić information content (AvgIpc) is 2.44. The third-order valence-corrected chi connectivity index (χ3v) is 4.26. The zero-order valence-electron chi connectivity index (χ0n) is 11.6. The molecule has 2 aromatic carbocycles. The molecule has 0 heterocycles. The van der Waals surface area contributed by atoms with Crippen LogP contribution in [0.1, 0.15) is 18.9 Å². The van der Waals surface area contributed by atoms with Gasteiger partial charge in [-0.2, -0.15) is 0 Å². The predicted molar refractivity (Wildman–Crippen MR) is 90.3 cm³/mol. The van der Waals surface area contributed by atoms with Crippen molar-refractivity contribution in [1.82, 2.24) is 0 Å². The molecular weight excluding hydrogens is 401 g/mol. The lowest BCUT2D eigenvalue weighted by molar-refractivity contribution is 0.467. The highest BCUT2D eigenvalue weighted by molar-refractivity contribution is 9.10. The Bertz CT molecular complexity index is 634. The molecule has 0 spiro atoms. The Balaban J connectivity index is 2.30. The van der Waals surface area contributed by atoms with E-state index in [1.807, 2.05) is 18.2 Å². The SMILES string of the molecule is CCC(N)Cc1cc(Br)ccc1Oc1ccc(F)cc1Br. The van der Waals surface area contributed by atoms with E-state index < -0.39 is 0 Å². The smallest absolute Gasteiger partial charge is 0.141 e. The number of halogens is 3. The molecule has 1 atom stereocenters. The monoisotopic (exact) mass is 415 g/mol. The van der Waals surface area contributed by atoms with Gasteiger partial charge in [0, 0.05) is 10.5 Å². The second kappa shape index (κ2) is 7.38. The van der Waals surface area contributed by atoms with Crippen LogP contribution in [-0.4, -0.2) is 6.04 Å². The lowest BCUT2D eigenvalue weighted by Gasteiger charge is -2.15. The minimum atomic E-state index is -0.307. The summed E-state index contributed by atoms with van der Waals surface area (Å²) in [6, 6.07) is 10.2. The van der Waals surface area contributed by atoms with Gasteiger partial charge in [-0.05, 0) is 70.7 Å². The molecule has 0 aliphatic heterocycles. The predicted octanol–water partition coefficient (Wildman–Crippen LogP) is 5.42. The normalized spacial score (nSPS) is 12.2. The average molecular weight is 417 g/mol. The van der Waals surface area contributed by atoms with Crippen LogP contribution in [0, 0.1) is 5.82 Å². The van der Waals surface area contributed by atoms with E-state index in [-0.39, 0.29) is 11.9 Å². The maximum atomic E-state index is 13.1. The summed E-state index contributed by atoms with van der Waals surface area (Å²) in [5, 5.41) is 0. The van der Waals surface area contributed by atoms with Crippen LogP contribution in [-0.2, 0) is 6.42 Å². The maximum absolute atomic E-state index is 13.1. The van der Waals surface area contributed by atoms with Crippen LogP contribution < -0.4 is 10.5 Å². The Morgan fingerprint density at radius 2 is 1.86 bits per heavy atom. The lowest BCUT2D eigenvalue weighted by Crippen LogP contribution is -2.21. The maximum Gasteiger partial charge on any atom is 0.141 e. The van der Waals surface area contributed by atoms with E-state index in [4.69, 9.17) is 10.5 Å². The van der Waals surface area contributed by atoms with Crippen molar-refractivity contribution in [3.63, 3.8) is 0 Å². The van der Waals surface area contributed by atoms with Gasteiger partial charge in [0.2, 0.25) is 0 Å². The third-order valence-electron chi connectivity index (χ3n) is 3.14. The Hall–Kier alpha value is -0.910. The van der Waals surface area contributed by atoms with Crippen molar-refractivity contribution in [2.75, 3.05) is 0 Å². The van der Waals surface area contributed by atoms with Crippen molar-refractivity contribution in [3.05, 3.63) is 56.7 Å². The largest absolute Gasteiger partial charge is 0.456 e. The summed E-state index contributed by atoms with van der Waals surface area (Å²) < 4.78 is 20.6. The first-order valence-electron chi connectivity index (χ1n) is 6.66. The molecule has 0 aliphatic carbocycles. The van der Waals surface area contributed by atoms with Crippen LogP contribution in [0.4, 0.5) is 4.39 Å². The fourth-order valence-electron chi connectivity index (χ4n) is 1.91. The molecule has 21 heavy (non-hydrogen) atoms. The Morgan fingerprint density at radius 3 is 2.52 bits per heavy atom. The first-order chi connectivity index (χ1) is 9.99. The number of benzene rings is 2. The molecule has 0 bridgehead atoms. The number of rotatable bonds is 5. The molecule has 5 heteroatoms. The summed E-state index contributed by atoms with van der Waals surface area (Å²) in [6.45, 7) is 2.06. The molecule has 2 nitrogen and oxygen atoms in total. The van der Waals surface area contributed by atoms with Crippen molar-refractivity contribution in [3.8, 4) is 11.5 Å². The summed E-state index contributed by atoms with van der Waals surface area (Å²) in [4.78, 5) is 0. The Kier molecular flexibility index (Phi) is 5.79. The molecule has 0 aliphatic rings. The van der Waals surface area contributed by atoms with Crippen LogP contribution in [0.15, 0.2) is 45.3 Å². The molecule has 2 aromatic rings. The van der Waals surface area contributed by atoms with Crippen LogP contribution in [0.5, 0.6) is 11.5 Å². The molecule has 2 rings (SSSR count). The van der Waals surface area contributed by atoms with Crippen LogP contribution >= 0.6 is 31.9 Å². The number of ether oxygens (including phenoxy) is 1. The first-order valence-corrected chi connectivity index (χ1v) is 8.25. The Morgan fingerprint density at radius 1 is 1.14 bits per heavy atom. The second-order valence-electron chi connectivity index (χ2n) is 4.80. The van der Waals surface area contributed by atoms with Crippen molar-refractivity contribution in [1.29, 1.82) is 0 Å². The number of hydrogen-bond acceptors (Lipinski definition) is 2. The van der Waals surface area contributed by atoms with Gasteiger partial charge in [-0.3, -0.25) is 0 Å². The van der Waals surface area contributed by atoms with E-state index in [2.05, 4.69) is 38.8 Å². The third kappa shape index (κ3) is 4.53. The molecule has 0 amide bonds. The van der Waals surface area contributed by atoms with Gasteiger partial charge < -0.3 is 10.5 Å². The second-order valence-corrected chi connectivity index (χ2v) is 6.57. The van der Waals surface area contributed by atoms with Gasteiger partial charge in [0.1, 0.15) is 17.3 Å². The molecule has 0 aromatic heterocycles. The fraction of sp³-hybridized carbons (Fsp3) is 0.250. The first kappa shape index (κ1) is 16.5. The summed E-state index contributed by atoms with van der Waals surface area (Å²) in [5.41, 5.74) is 7.06. The van der Waals surface area contributed by atoms with E-state index in [1.165, 1.54) is 12.1 Å². The summed E-state index contributed by atoms with van der Waals surface area (Å²) in [6.07, 6.45) is 1.62. The van der Waals surface area contributed by atoms with E-state index in [0.29, 0.717) is 10.2 Å². The van der Waals surface area contributed by atoms with Crippen LogP contribution in [0.25, 0.3) is 0 Å². The standard InChI is InChI=1S/C16H16Br2FNO/c1-2-13(20)8-10-7-11(17)3-5-15(10)21-16-6-4-12(19)9-14(16)18/h3-7,9,13H,2,8,20H2,1H3. The van der Waals surface area contributed by atoms with Gasteiger partial charge in [-0.25, -0.2) is 4.39 Å². The summed E-state index contributed by atoms with van der Waals surface area (Å²) >= 11 is 6.77. The minimum Gasteiger partial charge on any atom is -0.456 e. The van der Waals surface area contributed by atoms with Crippen LogP contribution in [0.2, 0.25) is 0 Å². The number of nitrogens with two attached hydrogens (primary N) is 1. The lowest BCUT2D eigenvalue weighted by atomic mass is 10.0. The van der Waals surface area contributed by atoms with E-state index in [1.54, 1.807) is 6.07 Å². The molecule has 2 N–H and O–H groups in total. The zero-order valence-corrected chi connectivity index (χ0v) is 14.7. The van der Waals surface area contributed by atoms with Gasteiger partial charge in [0.25, 0.3) is 0 Å². The van der Waals surface area contributed by atoms with Gasteiger partial charge in [-0.1, -0.05) is 22.9 Å². The van der Waals surface area contributed by atoms with Crippen molar-refractivity contribution in [2.24, 2.45) is 5.73 Å². The van der Waals surface area contributed by atoms with Crippen molar-refractivity contribution < 1.29 is 9.13 Å². The van der Waals surface area contributed by atoms with Crippen LogP contribution in [0.3, 0.4) is 0 Å². The zero-order chi connectivity index (χ0) is 15.4. The molecule has 0 radical (unpaired) electrons. The van der Waals surface area contributed by atoms with Gasteiger partial charge in [0.15, 0.2) is 0 Å².